The summed E-state index contributed by atoms with van der Waals surface area (Å²) in [5, 5.41) is 0. The number of rotatable bonds is 5. The minimum atomic E-state index is 0.580. The molecule has 3 aliphatic rings. The van der Waals surface area contributed by atoms with E-state index in [1.807, 2.05) is 6.08 Å². The van der Waals surface area contributed by atoms with Crippen LogP contribution in [0.5, 0.6) is 0 Å². The van der Waals surface area contributed by atoms with Crippen molar-refractivity contribution < 1.29 is 4.79 Å². The van der Waals surface area contributed by atoms with Gasteiger partial charge in [-0.15, -0.1) is 0 Å². The Labute approximate surface area is 149 Å². The number of allylic oxidation sites excluding steroid dienone is 4. The van der Waals surface area contributed by atoms with Crippen molar-refractivity contribution in [3.63, 3.8) is 0 Å². The Morgan fingerprint density at radius 1 is 1.12 bits per heavy atom. The van der Waals surface area contributed by atoms with Crippen LogP contribution in [0.4, 0.5) is 0 Å². The average Bonchev–Trinajstić information content (AvgIpc) is 2.97. The van der Waals surface area contributed by atoms with Gasteiger partial charge in [0.15, 0.2) is 0 Å². The Hall–Kier alpha value is -0.850. The van der Waals surface area contributed by atoms with Gasteiger partial charge in [0.2, 0.25) is 0 Å². The first kappa shape index (κ1) is 18.0. The highest BCUT2D eigenvalue weighted by atomic mass is 16.1. The highest BCUT2D eigenvalue weighted by Crippen LogP contribution is 2.64. The van der Waals surface area contributed by atoms with Gasteiger partial charge in [-0.1, -0.05) is 38.0 Å². The normalized spacial score (nSPS) is 43.8. The first-order chi connectivity index (χ1) is 11.7. The van der Waals surface area contributed by atoms with Gasteiger partial charge >= 0.3 is 0 Å². The molecule has 1 nitrogen and oxygen atoms in total. The predicted octanol–water partition coefficient (Wildman–Crippen LogP) is 6.35. The summed E-state index contributed by atoms with van der Waals surface area (Å²) in [7, 11) is 0. The van der Waals surface area contributed by atoms with E-state index in [9.17, 15) is 4.79 Å². The molecule has 0 aliphatic heterocycles. The fourth-order valence-electron chi connectivity index (χ4n) is 7.10. The molecule has 6 atom stereocenters. The summed E-state index contributed by atoms with van der Waals surface area (Å²) in [5.74, 6) is 4.19. The van der Waals surface area contributed by atoms with E-state index in [0.29, 0.717) is 11.3 Å². The lowest BCUT2D eigenvalue weighted by Crippen LogP contribution is -2.46. The second kappa shape index (κ2) is 7.58. The van der Waals surface area contributed by atoms with Crippen LogP contribution >= 0.6 is 0 Å². The monoisotopic (exact) mass is 328 g/mol. The van der Waals surface area contributed by atoms with Gasteiger partial charge in [-0.25, -0.2) is 0 Å². The van der Waals surface area contributed by atoms with Crippen LogP contribution in [0, 0.1) is 35.0 Å². The Balaban J connectivity index is 1.88. The molecule has 0 radical (unpaired) electrons. The van der Waals surface area contributed by atoms with Gasteiger partial charge in [-0.2, -0.15) is 0 Å². The van der Waals surface area contributed by atoms with E-state index in [4.69, 9.17) is 0 Å². The van der Waals surface area contributed by atoms with Crippen LogP contribution < -0.4 is 0 Å². The van der Waals surface area contributed by atoms with Crippen molar-refractivity contribution in [2.45, 2.75) is 78.6 Å². The van der Waals surface area contributed by atoms with Crippen LogP contribution in [-0.4, -0.2) is 6.29 Å². The molecule has 0 amide bonds. The van der Waals surface area contributed by atoms with E-state index in [1.165, 1.54) is 63.4 Å². The molecule has 24 heavy (non-hydrogen) atoms. The highest BCUT2D eigenvalue weighted by molar-refractivity contribution is 5.66. The van der Waals surface area contributed by atoms with Crippen molar-refractivity contribution in [3.8, 4) is 0 Å². The lowest BCUT2D eigenvalue weighted by Gasteiger charge is -2.54. The molecular formula is C23H36O. The number of aldehydes is 1. The van der Waals surface area contributed by atoms with E-state index in [0.717, 1.165) is 30.0 Å². The largest absolute Gasteiger partial charge is 0.299 e. The lowest BCUT2D eigenvalue weighted by molar-refractivity contribution is -0.104. The van der Waals surface area contributed by atoms with Crippen molar-refractivity contribution in [1.29, 1.82) is 0 Å². The zero-order chi connectivity index (χ0) is 17.2. The molecule has 1 heteroatoms. The smallest absolute Gasteiger partial charge is 0.142 e. The second-order valence-electron chi connectivity index (χ2n) is 8.58. The molecule has 0 aromatic rings. The maximum absolute atomic E-state index is 11.1. The predicted molar refractivity (Wildman–Crippen MR) is 102 cm³/mol. The lowest BCUT2D eigenvalue weighted by atomic mass is 9.50. The fraction of sp³-hybridized carbons (Fsp3) is 0.783. The molecule has 3 rings (SSSR count). The zero-order valence-electron chi connectivity index (χ0n) is 16.0. The summed E-state index contributed by atoms with van der Waals surface area (Å²) in [5.41, 5.74) is 2.05. The molecule has 0 N–H and O–H groups in total. The third-order valence-corrected chi connectivity index (χ3v) is 8.00. The maximum atomic E-state index is 11.1. The second-order valence-corrected chi connectivity index (χ2v) is 8.58. The Morgan fingerprint density at radius 3 is 2.62 bits per heavy atom. The van der Waals surface area contributed by atoms with Crippen LogP contribution in [0.2, 0.25) is 0 Å². The molecule has 3 aliphatic carbocycles. The molecule has 0 heterocycles. The summed E-state index contributed by atoms with van der Waals surface area (Å²) in [6.07, 6.45) is 19.8. The minimum absolute atomic E-state index is 0.580. The quantitative estimate of drug-likeness (QED) is 0.326. The number of fused-ring (bicyclic) bond motifs is 3. The summed E-state index contributed by atoms with van der Waals surface area (Å²) in [6.45, 7) is 6.94. The maximum Gasteiger partial charge on any atom is 0.142 e. The van der Waals surface area contributed by atoms with Gasteiger partial charge in [-0.05, 0) is 99.4 Å². The SMILES string of the molecule is C/C=C\C1CCC2C3CC/C(=C/C=O)C(CCC)C3CCC12CC. The fourth-order valence-corrected chi connectivity index (χ4v) is 7.10. The topological polar surface area (TPSA) is 17.1 Å². The van der Waals surface area contributed by atoms with E-state index in [1.54, 1.807) is 0 Å². The van der Waals surface area contributed by atoms with Crippen LogP contribution in [0.1, 0.15) is 78.6 Å². The van der Waals surface area contributed by atoms with Gasteiger partial charge in [0, 0.05) is 0 Å². The van der Waals surface area contributed by atoms with Crippen LogP contribution in [-0.2, 0) is 4.79 Å². The Morgan fingerprint density at radius 2 is 1.96 bits per heavy atom. The zero-order valence-corrected chi connectivity index (χ0v) is 16.0. The first-order valence-corrected chi connectivity index (χ1v) is 10.5. The van der Waals surface area contributed by atoms with Gasteiger partial charge in [0.1, 0.15) is 6.29 Å². The Bertz CT molecular complexity index is 502. The third-order valence-electron chi connectivity index (χ3n) is 8.00. The molecule has 6 unspecified atom stereocenters. The molecule has 0 aromatic heterocycles. The molecule has 134 valence electrons. The van der Waals surface area contributed by atoms with Gasteiger partial charge in [0.05, 0.1) is 0 Å². The number of carbonyl (C=O) groups excluding carboxylic acids is 1. The molecule has 0 spiro atoms. The molecule has 3 fully saturated rings. The summed E-state index contributed by atoms with van der Waals surface area (Å²) in [4.78, 5) is 11.1. The van der Waals surface area contributed by atoms with Crippen LogP contribution in [0.25, 0.3) is 0 Å². The van der Waals surface area contributed by atoms with Gasteiger partial charge in [-0.3, -0.25) is 4.79 Å². The molecule has 3 saturated carbocycles. The summed E-state index contributed by atoms with van der Waals surface area (Å²) < 4.78 is 0. The highest BCUT2D eigenvalue weighted by Gasteiger charge is 2.56. The average molecular weight is 329 g/mol. The number of hydrogen-bond acceptors (Lipinski definition) is 1. The van der Waals surface area contributed by atoms with E-state index >= 15 is 0 Å². The van der Waals surface area contributed by atoms with Crippen LogP contribution in [0.15, 0.2) is 23.8 Å². The van der Waals surface area contributed by atoms with Crippen molar-refractivity contribution >= 4 is 6.29 Å². The number of carbonyl (C=O) groups is 1. The van der Waals surface area contributed by atoms with Crippen molar-refractivity contribution in [2.75, 3.05) is 0 Å². The third kappa shape index (κ3) is 2.82. The Kier molecular flexibility index (Phi) is 5.67. The molecular weight excluding hydrogens is 292 g/mol. The summed E-state index contributed by atoms with van der Waals surface area (Å²) in [6, 6.07) is 0. The van der Waals surface area contributed by atoms with E-state index < -0.39 is 0 Å². The minimum Gasteiger partial charge on any atom is -0.299 e. The molecule has 0 aromatic carbocycles. The molecule has 0 saturated heterocycles. The van der Waals surface area contributed by atoms with Crippen LogP contribution in [0.3, 0.4) is 0 Å². The van der Waals surface area contributed by atoms with Crippen molar-refractivity contribution in [2.24, 2.45) is 35.0 Å². The van der Waals surface area contributed by atoms with Gasteiger partial charge < -0.3 is 0 Å². The standard InChI is InChI=1S/C23H36O/c1-4-7-18-10-12-22-21-11-9-17(14-16-24)19(8-5-2)20(21)13-15-23(18,22)6-3/h4,7,14,16,18-22H,5-6,8-13,15H2,1-3H3/b7-4-,17-14-. The van der Waals surface area contributed by atoms with E-state index in [-0.39, 0.29) is 0 Å². The number of hydrogen-bond donors (Lipinski definition) is 0. The summed E-state index contributed by atoms with van der Waals surface area (Å²) >= 11 is 0. The molecule has 0 bridgehead atoms. The van der Waals surface area contributed by atoms with Gasteiger partial charge in [0.25, 0.3) is 0 Å². The van der Waals surface area contributed by atoms with E-state index in [2.05, 4.69) is 32.9 Å². The van der Waals surface area contributed by atoms with Crippen molar-refractivity contribution in [3.05, 3.63) is 23.8 Å². The van der Waals surface area contributed by atoms with Crippen molar-refractivity contribution in [1.82, 2.24) is 0 Å². The first-order valence-electron chi connectivity index (χ1n) is 10.5.